The quantitative estimate of drug-likeness (QED) is 0.759. The van der Waals surface area contributed by atoms with Gasteiger partial charge in [-0.1, -0.05) is 48.5 Å². The minimum Gasteiger partial charge on any atom is -0.383 e. The SMILES string of the molecule is Cc1c(-c2ccccc2)nn(C(=O)Nc2ccccc2)c1N. The average Bonchev–Trinajstić information content (AvgIpc) is 2.85. The molecule has 1 aromatic heterocycles. The van der Waals surface area contributed by atoms with Crippen LogP contribution >= 0.6 is 0 Å². The van der Waals surface area contributed by atoms with Gasteiger partial charge in [-0.2, -0.15) is 9.78 Å². The van der Waals surface area contributed by atoms with Crippen molar-refractivity contribution >= 4 is 17.5 Å². The lowest BCUT2D eigenvalue weighted by Gasteiger charge is -2.05. The molecule has 0 unspecified atom stereocenters. The molecular formula is C17H16N4O. The van der Waals surface area contributed by atoms with Crippen molar-refractivity contribution in [1.82, 2.24) is 9.78 Å². The van der Waals surface area contributed by atoms with Gasteiger partial charge in [0, 0.05) is 16.8 Å². The van der Waals surface area contributed by atoms with Crippen LogP contribution in [0.3, 0.4) is 0 Å². The number of nitrogens with two attached hydrogens (primary N) is 1. The molecule has 0 spiro atoms. The Labute approximate surface area is 128 Å². The monoisotopic (exact) mass is 292 g/mol. The van der Waals surface area contributed by atoms with Gasteiger partial charge in [0.15, 0.2) is 0 Å². The number of anilines is 2. The fourth-order valence-corrected chi connectivity index (χ4v) is 2.23. The minimum atomic E-state index is -0.381. The fourth-order valence-electron chi connectivity index (χ4n) is 2.23. The Morgan fingerprint density at radius 3 is 2.27 bits per heavy atom. The Morgan fingerprint density at radius 2 is 1.64 bits per heavy atom. The molecule has 1 amide bonds. The molecule has 0 aliphatic heterocycles. The van der Waals surface area contributed by atoms with E-state index < -0.39 is 0 Å². The van der Waals surface area contributed by atoms with E-state index in [9.17, 15) is 4.79 Å². The van der Waals surface area contributed by atoms with Crippen LogP contribution in [0.15, 0.2) is 60.7 Å². The van der Waals surface area contributed by atoms with Gasteiger partial charge in [0.25, 0.3) is 0 Å². The molecule has 0 aliphatic rings. The van der Waals surface area contributed by atoms with E-state index in [0.717, 1.165) is 11.1 Å². The number of benzene rings is 2. The summed E-state index contributed by atoms with van der Waals surface area (Å²) in [5, 5.41) is 7.13. The van der Waals surface area contributed by atoms with E-state index in [0.29, 0.717) is 17.2 Å². The molecule has 3 aromatic rings. The number of nitrogens with zero attached hydrogens (tertiary/aromatic N) is 2. The molecule has 3 rings (SSSR count). The second-order valence-corrected chi connectivity index (χ2v) is 4.93. The van der Waals surface area contributed by atoms with Gasteiger partial charge in [0.1, 0.15) is 5.82 Å². The molecule has 2 aromatic carbocycles. The molecule has 1 heterocycles. The minimum absolute atomic E-state index is 0.340. The summed E-state index contributed by atoms with van der Waals surface area (Å²) in [6, 6.07) is 18.5. The van der Waals surface area contributed by atoms with Gasteiger partial charge in [-0.15, -0.1) is 0 Å². The second kappa shape index (κ2) is 5.73. The third-order valence-electron chi connectivity index (χ3n) is 3.43. The van der Waals surface area contributed by atoms with Crippen LogP contribution in [0, 0.1) is 6.92 Å². The van der Waals surface area contributed by atoms with E-state index in [1.807, 2.05) is 67.6 Å². The van der Waals surface area contributed by atoms with E-state index in [1.165, 1.54) is 4.68 Å². The maximum atomic E-state index is 12.3. The highest BCUT2D eigenvalue weighted by Crippen LogP contribution is 2.26. The maximum absolute atomic E-state index is 12.3. The van der Waals surface area contributed by atoms with Gasteiger partial charge in [0.2, 0.25) is 0 Å². The van der Waals surface area contributed by atoms with Crippen molar-refractivity contribution in [2.45, 2.75) is 6.92 Å². The summed E-state index contributed by atoms with van der Waals surface area (Å²) in [5.41, 5.74) is 9.16. The zero-order valence-corrected chi connectivity index (χ0v) is 12.2. The third kappa shape index (κ3) is 2.56. The number of nitrogens with one attached hydrogen (secondary N) is 1. The zero-order valence-electron chi connectivity index (χ0n) is 12.2. The van der Waals surface area contributed by atoms with Crippen LogP contribution in [-0.4, -0.2) is 15.8 Å². The van der Waals surface area contributed by atoms with Crippen LogP contribution < -0.4 is 11.1 Å². The van der Waals surface area contributed by atoms with Gasteiger partial charge in [-0.3, -0.25) is 0 Å². The second-order valence-electron chi connectivity index (χ2n) is 4.93. The van der Waals surface area contributed by atoms with E-state index in [4.69, 9.17) is 5.73 Å². The summed E-state index contributed by atoms with van der Waals surface area (Å²) in [4.78, 5) is 12.3. The highest BCUT2D eigenvalue weighted by Gasteiger charge is 2.17. The fraction of sp³-hybridized carbons (Fsp3) is 0.0588. The summed E-state index contributed by atoms with van der Waals surface area (Å²) in [7, 11) is 0. The summed E-state index contributed by atoms with van der Waals surface area (Å²) in [5.74, 6) is 0.340. The lowest BCUT2D eigenvalue weighted by atomic mass is 10.1. The lowest BCUT2D eigenvalue weighted by Crippen LogP contribution is -2.22. The highest BCUT2D eigenvalue weighted by atomic mass is 16.2. The Bertz CT molecular complexity index is 794. The zero-order chi connectivity index (χ0) is 15.5. The van der Waals surface area contributed by atoms with Gasteiger partial charge in [-0.25, -0.2) is 4.79 Å². The summed E-state index contributed by atoms with van der Waals surface area (Å²) in [6.45, 7) is 1.86. The summed E-state index contributed by atoms with van der Waals surface area (Å²) < 4.78 is 1.20. The van der Waals surface area contributed by atoms with Crippen molar-refractivity contribution < 1.29 is 4.79 Å². The largest absolute Gasteiger partial charge is 0.383 e. The number of aromatic nitrogens is 2. The van der Waals surface area contributed by atoms with Crippen molar-refractivity contribution in [1.29, 1.82) is 0 Å². The first-order valence-electron chi connectivity index (χ1n) is 6.93. The Hall–Kier alpha value is -3.08. The normalized spacial score (nSPS) is 10.4. The predicted octanol–water partition coefficient (Wildman–Crippen LogP) is 3.52. The first-order valence-corrected chi connectivity index (χ1v) is 6.93. The van der Waals surface area contributed by atoms with Crippen molar-refractivity contribution in [2.75, 3.05) is 11.1 Å². The summed E-state index contributed by atoms with van der Waals surface area (Å²) in [6.07, 6.45) is 0. The Kier molecular flexibility index (Phi) is 3.62. The number of hydrogen-bond acceptors (Lipinski definition) is 3. The Balaban J connectivity index is 1.94. The lowest BCUT2D eigenvalue weighted by molar-refractivity contribution is 0.251. The van der Waals surface area contributed by atoms with Crippen LogP contribution in [0.2, 0.25) is 0 Å². The molecule has 0 saturated carbocycles. The molecule has 5 heteroatoms. The molecule has 0 radical (unpaired) electrons. The molecule has 3 N–H and O–H groups in total. The first kappa shape index (κ1) is 13.9. The summed E-state index contributed by atoms with van der Waals surface area (Å²) >= 11 is 0. The Morgan fingerprint density at radius 1 is 1.05 bits per heavy atom. The highest BCUT2D eigenvalue weighted by molar-refractivity contribution is 5.93. The van der Waals surface area contributed by atoms with Crippen molar-refractivity contribution in [3.8, 4) is 11.3 Å². The van der Waals surface area contributed by atoms with Crippen molar-refractivity contribution in [2.24, 2.45) is 0 Å². The number of amides is 1. The average molecular weight is 292 g/mol. The number of carbonyl (C=O) groups is 1. The van der Waals surface area contributed by atoms with Crippen LogP contribution in [0.25, 0.3) is 11.3 Å². The molecule has 22 heavy (non-hydrogen) atoms. The van der Waals surface area contributed by atoms with Gasteiger partial charge in [0.05, 0.1) is 5.69 Å². The predicted molar refractivity (Wildman–Crippen MR) is 87.7 cm³/mol. The van der Waals surface area contributed by atoms with E-state index in [-0.39, 0.29) is 6.03 Å². The number of rotatable bonds is 2. The molecule has 5 nitrogen and oxygen atoms in total. The van der Waals surface area contributed by atoms with Gasteiger partial charge >= 0.3 is 6.03 Å². The van der Waals surface area contributed by atoms with E-state index in [1.54, 1.807) is 0 Å². The topological polar surface area (TPSA) is 72.9 Å². The van der Waals surface area contributed by atoms with Crippen LogP contribution in [-0.2, 0) is 0 Å². The third-order valence-corrected chi connectivity index (χ3v) is 3.43. The molecule has 0 bridgehead atoms. The van der Waals surface area contributed by atoms with E-state index in [2.05, 4.69) is 10.4 Å². The first-order chi connectivity index (χ1) is 10.7. The van der Waals surface area contributed by atoms with Crippen LogP contribution in [0.5, 0.6) is 0 Å². The van der Waals surface area contributed by atoms with Gasteiger partial charge < -0.3 is 11.1 Å². The smallest absolute Gasteiger partial charge is 0.348 e. The number of nitrogen functional groups attached to an aromatic ring is 1. The number of para-hydroxylation sites is 1. The van der Waals surface area contributed by atoms with Crippen molar-refractivity contribution in [3.63, 3.8) is 0 Å². The molecular weight excluding hydrogens is 276 g/mol. The standard InChI is InChI=1S/C17H16N4O/c1-12-15(13-8-4-2-5-9-13)20-21(16(12)18)17(22)19-14-10-6-3-7-11-14/h2-11H,18H2,1H3,(H,19,22). The molecule has 110 valence electrons. The number of carbonyl (C=O) groups excluding carboxylic acids is 1. The van der Waals surface area contributed by atoms with Crippen molar-refractivity contribution in [3.05, 3.63) is 66.2 Å². The number of hydrogen-bond donors (Lipinski definition) is 2. The van der Waals surface area contributed by atoms with Crippen LogP contribution in [0.1, 0.15) is 5.56 Å². The molecule has 0 aliphatic carbocycles. The van der Waals surface area contributed by atoms with E-state index >= 15 is 0 Å². The molecule has 0 saturated heterocycles. The maximum Gasteiger partial charge on any atom is 0.348 e. The van der Waals surface area contributed by atoms with Crippen LogP contribution in [0.4, 0.5) is 16.3 Å². The molecule has 0 fully saturated rings. The molecule has 0 atom stereocenters. The van der Waals surface area contributed by atoms with Gasteiger partial charge in [-0.05, 0) is 19.1 Å².